The average molecular weight is 309 g/mol. The third kappa shape index (κ3) is 4.36. The smallest absolute Gasteiger partial charge is 0.267 e. The van der Waals surface area contributed by atoms with Crippen LogP contribution in [0.5, 0.6) is 0 Å². The van der Waals surface area contributed by atoms with E-state index in [1.807, 2.05) is 0 Å². The van der Waals surface area contributed by atoms with Gasteiger partial charge in [0.25, 0.3) is 5.91 Å². The summed E-state index contributed by atoms with van der Waals surface area (Å²) in [6, 6.07) is 1.22. The Morgan fingerprint density at radius 2 is 2.25 bits per heavy atom. The number of hydrogen-bond donors (Lipinski definition) is 2. The summed E-state index contributed by atoms with van der Waals surface area (Å²) in [6.45, 7) is 1.65. The number of halogens is 1. The van der Waals surface area contributed by atoms with Crippen molar-refractivity contribution in [1.82, 2.24) is 10.3 Å². The summed E-state index contributed by atoms with van der Waals surface area (Å²) in [5.41, 5.74) is 0.396. The van der Waals surface area contributed by atoms with Crippen LogP contribution in [0.1, 0.15) is 17.4 Å². The molecule has 1 aromatic heterocycles. The summed E-state index contributed by atoms with van der Waals surface area (Å²) in [5, 5.41) is 2.60. The van der Waals surface area contributed by atoms with Crippen molar-refractivity contribution in [3.05, 3.63) is 22.4 Å². The zero-order chi connectivity index (χ0) is 12.3. The number of carbonyl (C=O) groups is 1. The van der Waals surface area contributed by atoms with Gasteiger partial charge in [-0.2, -0.15) is 0 Å². The Bertz CT molecular complexity index is 481. The van der Waals surface area contributed by atoms with Gasteiger partial charge in [-0.25, -0.2) is 8.42 Å². The average Bonchev–Trinajstić information content (AvgIpc) is 2.47. The lowest BCUT2D eigenvalue weighted by atomic mass is 10.3. The van der Waals surface area contributed by atoms with E-state index < -0.39 is 15.9 Å². The van der Waals surface area contributed by atoms with Gasteiger partial charge in [-0.15, -0.1) is 0 Å². The number of amides is 1. The Morgan fingerprint density at radius 3 is 2.69 bits per heavy atom. The summed E-state index contributed by atoms with van der Waals surface area (Å²) in [5.74, 6) is -0.387. The van der Waals surface area contributed by atoms with Crippen LogP contribution in [0.2, 0.25) is 0 Å². The lowest BCUT2D eigenvalue weighted by Gasteiger charge is -2.11. The predicted octanol–water partition coefficient (Wildman–Crippen LogP) is 0.940. The van der Waals surface area contributed by atoms with Gasteiger partial charge >= 0.3 is 0 Å². The molecule has 7 heteroatoms. The maximum atomic E-state index is 11.6. The summed E-state index contributed by atoms with van der Waals surface area (Å²) in [7, 11) is -3.08. The minimum Gasteiger partial charge on any atom is -0.356 e. The van der Waals surface area contributed by atoms with Gasteiger partial charge < -0.3 is 10.3 Å². The summed E-state index contributed by atoms with van der Waals surface area (Å²) < 4.78 is 22.8. The number of aromatic amines is 1. The number of aromatic nitrogens is 1. The molecule has 1 rings (SSSR count). The van der Waals surface area contributed by atoms with E-state index in [1.165, 1.54) is 0 Å². The maximum absolute atomic E-state index is 11.6. The summed E-state index contributed by atoms with van der Waals surface area (Å²) in [6.07, 6.45) is 2.77. The Balaban J connectivity index is 2.58. The zero-order valence-electron chi connectivity index (χ0n) is 8.95. The molecule has 1 aromatic rings. The molecule has 0 saturated heterocycles. The van der Waals surface area contributed by atoms with E-state index in [1.54, 1.807) is 19.2 Å². The normalized spacial score (nSPS) is 13.4. The fourth-order valence-corrected chi connectivity index (χ4v) is 2.63. The first-order valence-electron chi connectivity index (χ1n) is 4.60. The Kier molecular flexibility index (Phi) is 4.15. The molecule has 0 radical (unpaired) electrons. The van der Waals surface area contributed by atoms with Crippen molar-refractivity contribution in [3.8, 4) is 0 Å². The van der Waals surface area contributed by atoms with Crippen molar-refractivity contribution >= 4 is 31.7 Å². The van der Waals surface area contributed by atoms with Crippen LogP contribution >= 0.6 is 15.9 Å². The number of carbonyl (C=O) groups excluding carboxylic acids is 1. The molecule has 0 saturated carbocycles. The minimum atomic E-state index is -3.08. The van der Waals surface area contributed by atoms with E-state index in [0.717, 1.165) is 10.7 Å². The van der Waals surface area contributed by atoms with Crippen LogP contribution in [0.4, 0.5) is 0 Å². The van der Waals surface area contributed by atoms with E-state index >= 15 is 0 Å². The quantitative estimate of drug-likeness (QED) is 0.869. The topological polar surface area (TPSA) is 79.0 Å². The van der Waals surface area contributed by atoms with Gasteiger partial charge in [-0.05, 0) is 28.9 Å². The SMILES string of the molecule is C[C@H](CS(C)(=O)=O)NC(=O)c1cc(Br)c[nH]1. The first kappa shape index (κ1) is 13.2. The largest absolute Gasteiger partial charge is 0.356 e. The third-order valence-electron chi connectivity index (χ3n) is 1.82. The van der Waals surface area contributed by atoms with Gasteiger partial charge in [0.15, 0.2) is 0 Å². The fraction of sp³-hybridized carbons (Fsp3) is 0.444. The molecule has 0 aromatic carbocycles. The first-order valence-corrected chi connectivity index (χ1v) is 7.46. The van der Waals surface area contributed by atoms with Crippen molar-refractivity contribution in [2.24, 2.45) is 0 Å². The van der Waals surface area contributed by atoms with E-state index in [4.69, 9.17) is 0 Å². The monoisotopic (exact) mass is 308 g/mol. The number of rotatable bonds is 4. The molecule has 0 aliphatic heterocycles. The molecule has 0 unspecified atom stereocenters. The highest BCUT2D eigenvalue weighted by Gasteiger charge is 2.15. The molecule has 0 aliphatic carbocycles. The molecule has 5 nitrogen and oxygen atoms in total. The van der Waals surface area contributed by atoms with Crippen LogP contribution in [0, 0.1) is 0 Å². The van der Waals surface area contributed by atoms with Crippen molar-refractivity contribution < 1.29 is 13.2 Å². The van der Waals surface area contributed by atoms with Crippen molar-refractivity contribution in [3.63, 3.8) is 0 Å². The third-order valence-corrected chi connectivity index (χ3v) is 3.39. The summed E-state index contributed by atoms with van der Waals surface area (Å²) >= 11 is 3.21. The molecule has 1 amide bonds. The minimum absolute atomic E-state index is 0.0688. The number of H-pyrrole nitrogens is 1. The van der Waals surface area contributed by atoms with Gasteiger partial charge in [-0.1, -0.05) is 0 Å². The molecule has 1 heterocycles. The zero-order valence-corrected chi connectivity index (χ0v) is 11.4. The van der Waals surface area contributed by atoms with Crippen molar-refractivity contribution in [2.45, 2.75) is 13.0 Å². The molecule has 90 valence electrons. The molecule has 0 bridgehead atoms. The standard InChI is InChI=1S/C9H13BrN2O3S/c1-6(5-16(2,14)15)12-9(13)8-3-7(10)4-11-8/h3-4,6,11H,5H2,1-2H3,(H,12,13)/t6-/m1/s1. The number of sulfone groups is 1. The van der Waals surface area contributed by atoms with Crippen LogP contribution in [-0.2, 0) is 9.84 Å². The Hall–Kier alpha value is -0.820. The molecule has 0 aliphatic rings. The molecule has 16 heavy (non-hydrogen) atoms. The van der Waals surface area contributed by atoms with Gasteiger partial charge in [0.2, 0.25) is 0 Å². The van der Waals surface area contributed by atoms with Crippen LogP contribution in [0.25, 0.3) is 0 Å². The van der Waals surface area contributed by atoms with Crippen LogP contribution in [0.3, 0.4) is 0 Å². The maximum Gasteiger partial charge on any atom is 0.267 e. The molecule has 0 spiro atoms. The van der Waals surface area contributed by atoms with Crippen LogP contribution < -0.4 is 5.32 Å². The molecule has 1 atom stereocenters. The van der Waals surface area contributed by atoms with E-state index in [2.05, 4.69) is 26.2 Å². The second-order valence-electron chi connectivity index (χ2n) is 3.70. The highest BCUT2D eigenvalue weighted by atomic mass is 79.9. The van der Waals surface area contributed by atoms with Crippen molar-refractivity contribution in [1.29, 1.82) is 0 Å². The lowest BCUT2D eigenvalue weighted by molar-refractivity contribution is 0.0939. The Morgan fingerprint density at radius 1 is 1.62 bits per heavy atom. The first-order chi connectivity index (χ1) is 7.28. The van der Waals surface area contributed by atoms with Crippen molar-refractivity contribution in [2.75, 3.05) is 12.0 Å². The van der Waals surface area contributed by atoms with Gasteiger partial charge in [-0.3, -0.25) is 4.79 Å². The second-order valence-corrected chi connectivity index (χ2v) is 6.80. The van der Waals surface area contributed by atoms with E-state index in [9.17, 15) is 13.2 Å². The number of nitrogens with one attached hydrogen (secondary N) is 2. The predicted molar refractivity (Wildman–Crippen MR) is 65.1 cm³/mol. The van der Waals surface area contributed by atoms with E-state index in [0.29, 0.717) is 5.69 Å². The van der Waals surface area contributed by atoms with E-state index in [-0.39, 0.29) is 11.7 Å². The second kappa shape index (κ2) is 5.01. The van der Waals surface area contributed by atoms with Crippen LogP contribution in [0.15, 0.2) is 16.7 Å². The van der Waals surface area contributed by atoms with Gasteiger partial charge in [0.05, 0.1) is 5.75 Å². The number of hydrogen-bond acceptors (Lipinski definition) is 3. The molecule has 0 fully saturated rings. The Labute approximate surface area is 103 Å². The molecular weight excluding hydrogens is 296 g/mol. The van der Waals surface area contributed by atoms with Gasteiger partial charge in [0.1, 0.15) is 15.5 Å². The lowest BCUT2D eigenvalue weighted by Crippen LogP contribution is -2.37. The molecular formula is C9H13BrN2O3S. The van der Waals surface area contributed by atoms with Gasteiger partial charge in [0, 0.05) is 23.0 Å². The highest BCUT2D eigenvalue weighted by Crippen LogP contribution is 2.10. The highest BCUT2D eigenvalue weighted by molar-refractivity contribution is 9.10. The van der Waals surface area contributed by atoms with Crippen LogP contribution in [-0.4, -0.2) is 37.4 Å². The fourth-order valence-electron chi connectivity index (χ4n) is 1.30. The summed E-state index contributed by atoms with van der Waals surface area (Å²) in [4.78, 5) is 14.4. The molecule has 2 N–H and O–H groups in total.